The van der Waals surface area contributed by atoms with Gasteiger partial charge < -0.3 is 19.3 Å². The molecule has 1 amide bonds. The largest absolute Gasteiger partial charge is 0.493 e. The molecule has 0 bridgehead atoms. The molecule has 1 aromatic carbocycles. The number of carbonyl (C=O) groups is 1. The summed E-state index contributed by atoms with van der Waals surface area (Å²) in [7, 11) is 3.14. The van der Waals surface area contributed by atoms with Crippen molar-refractivity contribution in [2.75, 3.05) is 19.5 Å². The van der Waals surface area contributed by atoms with E-state index in [9.17, 15) is 4.79 Å². The summed E-state index contributed by atoms with van der Waals surface area (Å²) >= 11 is 1.36. The Morgan fingerprint density at radius 1 is 1.25 bits per heavy atom. The Balaban J connectivity index is 1.72. The first kappa shape index (κ1) is 16.0. The molecule has 0 aliphatic carbocycles. The lowest BCUT2D eigenvalue weighted by Crippen LogP contribution is -2.14. The molecule has 3 rings (SSSR count). The predicted octanol–water partition coefficient (Wildman–Crippen LogP) is 3.00. The van der Waals surface area contributed by atoms with Crippen LogP contribution in [0.15, 0.2) is 40.4 Å². The molecular formula is C16H15N3O4S. The number of rotatable bonds is 6. The fraction of sp³-hybridized carbons (Fsp3) is 0.188. The Hall–Kier alpha value is -2.87. The minimum Gasteiger partial charge on any atom is -0.493 e. The van der Waals surface area contributed by atoms with E-state index in [0.29, 0.717) is 28.1 Å². The molecule has 0 unspecified atom stereocenters. The highest BCUT2D eigenvalue weighted by Gasteiger charge is 2.13. The number of thiazole rings is 1. The second-order valence-corrected chi connectivity index (χ2v) is 5.71. The lowest BCUT2D eigenvalue weighted by Gasteiger charge is -2.07. The van der Waals surface area contributed by atoms with Gasteiger partial charge in [0, 0.05) is 23.2 Å². The molecule has 0 atom stereocenters. The molecule has 0 aliphatic rings. The molecule has 24 heavy (non-hydrogen) atoms. The summed E-state index contributed by atoms with van der Waals surface area (Å²) in [6.07, 6.45) is 1.74. The number of methoxy groups -OCH3 is 2. The number of benzene rings is 1. The highest BCUT2D eigenvalue weighted by Crippen LogP contribution is 2.32. The Labute approximate surface area is 142 Å². The van der Waals surface area contributed by atoms with Gasteiger partial charge in [0.05, 0.1) is 26.3 Å². The van der Waals surface area contributed by atoms with E-state index >= 15 is 0 Å². The van der Waals surface area contributed by atoms with Crippen molar-refractivity contribution in [3.8, 4) is 22.8 Å². The molecule has 0 radical (unpaired) electrons. The smallest absolute Gasteiger partial charge is 0.232 e. The van der Waals surface area contributed by atoms with Gasteiger partial charge in [0.25, 0.3) is 0 Å². The molecule has 2 aromatic heterocycles. The van der Waals surface area contributed by atoms with Crippen LogP contribution in [-0.4, -0.2) is 30.3 Å². The zero-order valence-corrected chi connectivity index (χ0v) is 13.9. The van der Waals surface area contributed by atoms with Gasteiger partial charge in [0.1, 0.15) is 0 Å². The molecule has 7 nitrogen and oxygen atoms in total. The van der Waals surface area contributed by atoms with Crippen LogP contribution in [-0.2, 0) is 11.2 Å². The predicted molar refractivity (Wildman–Crippen MR) is 89.5 cm³/mol. The minimum atomic E-state index is -0.197. The van der Waals surface area contributed by atoms with Crippen LogP contribution in [0, 0.1) is 0 Å². The molecule has 0 spiro atoms. The van der Waals surface area contributed by atoms with Crippen LogP contribution in [0.1, 0.15) is 5.69 Å². The highest BCUT2D eigenvalue weighted by atomic mass is 32.1. The van der Waals surface area contributed by atoms with E-state index in [2.05, 4.69) is 15.5 Å². The molecule has 0 aliphatic heterocycles. The van der Waals surface area contributed by atoms with Crippen molar-refractivity contribution in [3.63, 3.8) is 0 Å². The first-order valence-corrected chi connectivity index (χ1v) is 7.95. The number of aromatic nitrogens is 2. The molecule has 0 saturated carbocycles. The number of hydrogen-bond donors (Lipinski definition) is 1. The van der Waals surface area contributed by atoms with E-state index in [-0.39, 0.29) is 12.3 Å². The van der Waals surface area contributed by atoms with Crippen LogP contribution in [0.4, 0.5) is 5.13 Å². The van der Waals surface area contributed by atoms with Gasteiger partial charge in [-0.15, -0.1) is 11.3 Å². The van der Waals surface area contributed by atoms with Gasteiger partial charge in [-0.3, -0.25) is 4.79 Å². The number of nitrogens with one attached hydrogen (secondary N) is 1. The van der Waals surface area contributed by atoms with E-state index in [1.54, 1.807) is 44.0 Å². The van der Waals surface area contributed by atoms with Crippen molar-refractivity contribution in [1.82, 2.24) is 10.1 Å². The molecule has 124 valence electrons. The zero-order valence-electron chi connectivity index (χ0n) is 13.1. The summed E-state index contributed by atoms with van der Waals surface area (Å²) in [5.41, 5.74) is 1.32. The van der Waals surface area contributed by atoms with Crippen molar-refractivity contribution in [1.29, 1.82) is 0 Å². The average molecular weight is 345 g/mol. The van der Waals surface area contributed by atoms with Crippen LogP contribution >= 0.6 is 11.3 Å². The third kappa shape index (κ3) is 3.54. The van der Waals surface area contributed by atoms with E-state index < -0.39 is 0 Å². The van der Waals surface area contributed by atoms with Gasteiger partial charge in [-0.25, -0.2) is 4.98 Å². The van der Waals surface area contributed by atoms with Crippen molar-refractivity contribution < 1.29 is 18.8 Å². The summed E-state index contributed by atoms with van der Waals surface area (Å²) in [6.45, 7) is 0. The zero-order chi connectivity index (χ0) is 16.9. The summed E-state index contributed by atoms with van der Waals surface area (Å²) in [5.74, 6) is 1.57. The molecule has 2 heterocycles. The van der Waals surface area contributed by atoms with Gasteiger partial charge in [-0.1, -0.05) is 5.16 Å². The lowest BCUT2D eigenvalue weighted by molar-refractivity contribution is -0.115. The van der Waals surface area contributed by atoms with E-state index in [0.717, 1.165) is 5.56 Å². The van der Waals surface area contributed by atoms with Gasteiger partial charge >= 0.3 is 0 Å². The number of amides is 1. The summed E-state index contributed by atoms with van der Waals surface area (Å²) in [6, 6.07) is 7.13. The van der Waals surface area contributed by atoms with Crippen molar-refractivity contribution in [2.45, 2.75) is 6.42 Å². The molecular weight excluding hydrogens is 330 g/mol. The average Bonchev–Trinajstić information content (AvgIpc) is 3.26. The van der Waals surface area contributed by atoms with E-state index in [1.807, 2.05) is 6.07 Å². The maximum atomic E-state index is 11.9. The summed E-state index contributed by atoms with van der Waals surface area (Å²) in [5, 5.41) is 8.99. The maximum absolute atomic E-state index is 11.9. The fourth-order valence-electron chi connectivity index (χ4n) is 2.13. The SMILES string of the molecule is COc1ccc(-c2cc(CC(=O)Nc3nccs3)no2)cc1OC. The topological polar surface area (TPSA) is 86.5 Å². The van der Waals surface area contributed by atoms with Gasteiger partial charge in [-0.2, -0.15) is 0 Å². The minimum absolute atomic E-state index is 0.108. The van der Waals surface area contributed by atoms with Crippen LogP contribution in [0.3, 0.4) is 0 Å². The van der Waals surface area contributed by atoms with Crippen molar-refractivity contribution in [2.24, 2.45) is 0 Å². The number of anilines is 1. The second-order valence-electron chi connectivity index (χ2n) is 4.81. The van der Waals surface area contributed by atoms with Gasteiger partial charge in [0.2, 0.25) is 5.91 Å². The van der Waals surface area contributed by atoms with Crippen LogP contribution in [0.25, 0.3) is 11.3 Å². The normalized spacial score (nSPS) is 10.4. The molecule has 3 aromatic rings. The number of carbonyl (C=O) groups excluding carboxylic acids is 1. The van der Waals surface area contributed by atoms with Gasteiger partial charge in [-0.05, 0) is 18.2 Å². The summed E-state index contributed by atoms with van der Waals surface area (Å²) < 4.78 is 15.8. The third-order valence-corrected chi connectivity index (χ3v) is 3.94. The molecule has 0 saturated heterocycles. The number of ether oxygens (including phenoxy) is 2. The third-order valence-electron chi connectivity index (χ3n) is 3.25. The van der Waals surface area contributed by atoms with Crippen LogP contribution in [0.2, 0.25) is 0 Å². The Kier molecular flexibility index (Phi) is 4.76. The number of nitrogens with zero attached hydrogens (tertiary/aromatic N) is 2. The highest BCUT2D eigenvalue weighted by molar-refractivity contribution is 7.13. The lowest BCUT2D eigenvalue weighted by atomic mass is 10.1. The van der Waals surface area contributed by atoms with E-state index in [4.69, 9.17) is 14.0 Å². The Morgan fingerprint density at radius 2 is 2.08 bits per heavy atom. The van der Waals surface area contributed by atoms with Crippen molar-refractivity contribution in [3.05, 3.63) is 41.5 Å². The monoisotopic (exact) mass is 345 g/mol. The molecule has 8 heteroatoms. The first-order valence-electron chi connectivity index (χ1n) is 7.07. The van der Waals surface area contributed by atoms with Gasteiger partial charge in [0.15, 0.2) is 22.4 Å². The van der Waals surface area contributed by atoms with E-state index in [1.165, 1.54) is 11.3 Å². The summed E-state index contributed by atoms with van der Waals surface area (Å²) in [4.78, 5) is 15.9. The Morgan fingerprint density at radius 3 is 2.79 bits per heavy atom. The quantitative estimate of drug-likeness (QED) is 0.739. The fourth-order valence-corrected chi connectivity index (χ4v) is 2.68. The molecule has 0 fully saturated rings. The first-order chi connectivity index (χ1) is 11.7. The second kappa shape index (κ2) is 7.14. The van der Waals surface area contributed by atoms with Crippen molar-refractivity contribution >= 4 is 22.4 Å². The maximum Gasteiger partial charge on any atom is 0.232 e. The molecule has 1 N–H and O–H groups in total. The van der Waals surface area contributed by atoms with Crippen LogP contribution < -0.4 is 14.8 Å². The Bertz CT molecular complexity index is 830. The number of hydrogen-bond acceptors (Lipinski definition) is 7. The standard InChI is InChI=1S/C16H15N3O4S/c1-21-12-4-3-10(7-14(12)22-2)13-8-11(19-23-13)9-15(20)18-16-17-5-6-24-16/h3-8H,9H2,1-2H3,(H,17,18,20). The van der Waals surface area contributed by atoms with Crippen LogP contribution in [0.5, 0.6) is 11.5 Å².